The highest BCUT2D eigenvalue weighted by Crippen LogP contribution is 2.34. The first-order valence-electron chi connectivity index (χ1n) is 11.0. The van der Waals surface area contributed by atoms with Gasteiger partial charge in [0, 0.05) is 22.1 Å². The number of hydrogen-bond donors (Lipinski definition) is 0. The van der Waals surface area contributed by atoms with Gasteiger partial charge in [0.15, 0.2) is 0 Å². The predicted octanol–water partition coefficient (Wildman–Crippen LogP) is 9.32. The van der Waals surface area contributed by atoms with Crippen LogP contribution in [0.5, 0.6) is 0 Å². The van der Waals surface area contributed by atoms with Crippen LogP contribution in [0.15, 0.2) is 140 Å². The minimum atomic E-state index is 0.699. The molecular formula is C31H26ClN. The van der Waals surface area contributed by atoms with Gasteiger partial charge in [0.25, 0.3) is 0 Å². The standard InChI is InChI=1S/C31H26ClN/c1-3-29(21-20-24(2)25-12-6-4-7-13-25)33(31-19-11-17-28(32)23-31)30-18-10-16-27(22-30)26-14-8-5-9-15-26/h3-23H,2H2,1H3/b21-20-,29-3+. The highest BCUT2D eigenvalue weighted by Gasteiger charge is 2.14. The first-order valence-corrected chi connectivity index (χ1v) is 11.3. The summed E-state index contributed by atoms with van der Waals surface area (Å²) in [7, 11) is 0. The lowest BCUT2D eigenvalue weighted by molar-refractivity contribution is 1.20. The second kappa shape index (κ2) is 10.7. The van der Waals surface area contributed by atoms with Gasteiger partial charge < -0.3 is 4.90 Å². The Morgan fingerprint density at radius 1 is 0.697 bits per heavy atom. The molecule has 0 bridgehead atoms. The van der Waals surface area contributed by atoms with Crippen LogP contribution in [-0.2, 0) is 0 Å². The summed E-state index contributed by atoms with van der Waals surface area (Å²) in [5.41, 5.74) is 7.48. The van der Waals surface area contributed by atoms with E-state index in [4.69, 9.17) is 11.6 Å². The molecule has 0 aliphatic rings. The van der Waals surface area contributed by atoms with Crippen LogP contribution in [0.4, 0.5) is 11.4 Å². The van der Waals surface area contributed by atoms with Gasteiger partial charge in [-0.15, -0.1) is 0 Å². The molecule has 162 valence electrons. The third kappa shape index (κ3) is 5.52. The Bertz CT molecular complexity index is 1290. The van der Waals surface area contributed by atoms with Crippen molar-refractivity contribution in [3.63, 3.8) is 0 Å². The number of nitrogens with zero attached hydrogens (tertiary/aromatic N) is 1. The molecule has 4 aromatic carbocycles. The van der Waals surface area contributed by atoms with Crippen molar-refractivity contribution < 1.29 is 0 Å². The van der Waals surface area contributed by atoms with E-state index >= 15 is 0 Å². The van der Waals surface area contributed by atoms with Crippen molar-refractivity contribution in [2.24, 2.45) is 0 Å². The van der Waals surface area contributed by atoms with Gasteiger partial charge in [-0.3, -0.25) is 0 Å². The Kier molecular flexibility index (Phi) is 7.24. The van der Waals surface area contributed by atoms with Gasteiger partial charge in [-0.1, -0.05) is 109 Å². The zero-order valence-electron chi connectivity index (χ0n) is 18.7. The summed E-state index contributed by atoms with van der Waals surface area (Å²) in [4.78, 5) is 2.22. The van der Waals surface area contributed by atoms with Gasteiger partial charge in [-0.2, -0.15) is 0 Å². The van der Waals surface area contributed by atoms with Gasteiger partial charge in [0.1, 0.15) is 0 Å². The second-order valence-electron chi connectivity index (χ2n) is 7.67. The number of benzene rings is 4. The van der Waals surface area contributed by atoms with Crippen molar-refractivity contribution in [1.29, 1.82) is 0 Å². The molecule has 0 fully saturated rings. The topological polar surface area (TPSA) is 3.24 Å². The highest BCUT2D eigenvalue weighted by atomic mass is 35.5. The summed E-state index contributed by atoms with van der Waals surface area (Å²) in [5.74, 6) is 0. The lowest BCUT2D eigenvalue weighted by Gasteiger charge is -2.27. The van der Waals surface area contributed by atoms with Crippen molar-refractivity contribution in [2.75, 3.05) is 4.90 Å². The Morgan fingerprint density at radius 2 is 1.30 bits per heavy atom. The Labute approximate surface area is 201 Å². The lowest BCUT2D eigenvalue weighted by atomic mass is 10.0. The Balaban J connectivity index is 1.76. The smallest absolute Gasteiger partial charge is 0.0476 e. The van der Waals surface area contributed by atoms with E-state index in [9.17, 15) is 0 Å². The second-order valence-corrected chi connectivity index (χ2v) is 8.11. The number of allylic oxidation sites excluding steroid dienone is 4. The summed E-state index contributed by atoms with van der Waals surface area (Å²) < 4.78 is 0. The van der Waals surface area contributed by atoms with Gasteiger partial charge in [0.2, 0.25) is 0 Å². The zero-order chi connectivity index (χ0) is 23.0. The van der Waals surface area contributed by atoms with Crippen molar-refractivity contribution in [3.8, 4) is 11.1 Å². The maximum Gasteiger partial charge on any atom is 0.0476 e. The van der Waals surface area contributed by atoms with Gasteiger partial charge in [-0.25, -0.2) is 0 Å². The van der Waals surface area contributed by atoms with Crippen LogP contribution < -0.4 is 4.90 Å². The van der Waals surface area contributed by atoms with Crippen molar-refractivity contribution >= 4 is 28.5 Å². The minimum absolute atomic E-state index is 0.699. The van der Waals surface area contributed by atoms with Crippen LogP contribution in [0.1, 0.15) is 12.5 Å². The van der Waals surface area contributed by atoms with E-state index in [0.29, 0.717) is 5.02 Å². The predicted molar refractivity (Wildman–Crippen MR) is 144 cm³/mol. The first kappa shape index (κ1) is 22.4. The highest BCUT2D eigenvalue weighted by molar-refractivity contribution is 6.30. The Morgan fingerprint density at radius 3 is 1.97 bits per heavy atom. The largest absolute Gasteiger partial charge is 0.311 e. The summed E-state index contributed by atoms with van der Waals surface area (Å²) in [6.45, 7) is 6.30. The van der Waals surface area contributed by atoms with E-state index in [1.807, 2.05) is 49.4 Å². The molecule has 0 spiro atoms. The number of halogens is 1. The molecule has 0 atom stereocenters. The summed E-state index contributed by atoms with van der Waals surface area (Å²) in [6.07, 6.45) is 6.26. The van der Waals surface area contributed by atoms with Gasteiger partial charge >= 0.3 is 0 Å². The van der Waals surface area contributed by atoms with Crippen molar-refractivity contribution in [2.45, 2.75) is 6.92 Å². The average molecular weight is 448 g/mol. The molecule has 0 N–H and O–H groups in total. The molecule has 0 amide bonds. The van der Waals surface area contributed by atoms with E-state index in [1.54, 1.807) is 0 Å². The van der Waals surface area contributed by atoms with E-state index in [1.165, 1.54) is 5.56 Å². The molecule has 0 saturated heterocycles. The molecule has 2 heteroatoms. The first-order chi connectivity index (χ1) is 16.2. The molecule has 0 saturated carbocycles. The molecule has 0 aliphatic carbocycles. The molecule has 4 rings (SSSR count). The maximum absolute atomic E-state index is 6.38. The van der Waals surface area contributed by atoms with Crippen LogP contribution in [0, 0.1) is 0 Å². The molecule has 33 heavy (non-hydrogen) atoms. The van der Waals surface area contributed by atoms with Crippen LogP contribution >= 0.6 is 11.6 Å². The third-order valence-corrected chi connectivity index (χ3v) is 5.67. The molecule has 4 aromatic rings. The van der Waals surface area contributed by atoms with Crippen molar-refractivity contribution in [3.05, 3.63) is 150 Å². The van der Waals surface area contributed by atoms with Gasteiger partial charge in [0.05, 0.1) is 0 Å². The number of anilines is 2. The van der Waals surface area contributed by atoms with E-state index < -0.39 is 0 Å². The quantitative estimate of drug-likeness (QED) is 0.255. The molecular weight excluding hydrogens is 422 g/mol. The van der Waals surface area contributed by atoms with E-state index in [-0.39, 0.29) is 0 Å². The average Bonchev–Trinajstić information content (AvgIpc) is 2.87. The normalized spacial score (nSPS) is 11.5. The fourth-order valence-electron chi connectivity index (χ4n) is 3.75. The third-order valence-electron chi connectivity index (χ3n) is 5.43. The summed E-state index contributed by atoms with van der Waals surface area (Å²) in [6, 6.07) is 37.1. The van der Waals surface area contributed by atoms with Crippen LogP contribution in [0.2, 0.25) is 5.02 Å². The summed E-state index contributed by atoms with van der Waals surface area (Å²) in [5, 5.41) is 0.699. The lowest BCUT2D eigenvalue weighted by Crippen LogP contribution is -2.15. The molecule has 0 aromatic heterocycles. The van der Waals surface area contributed by atoms with Crippen LogP contribution in [0.25, 0.3) is 16.7 Å². The van der Waals surface area contributed by atoms with Gasteiger partial charge in [-0.05, 0) is 65.6 Å². The number of hydrogen-bond acceptors (Lipinski definition) is 1. The minimum Gasteiger partial charge on any atom is -0.311 e. The molecule has 0 unspecified atom stereocenters. The zero-order valence-corrected chi connectivity index (χ0v) is 19.4. The Hall–Kier alpha value is -3.81. The van der Waals surface area contributed by atoms with Crippen molar-refractivity contribution in [1.82, 2.24) is 0 Å². The molecule has 1 nitrogen and oxygen atoms in total. The molecule has 0 heterocycles. The molecule has 0 radical (unpaired) electrons. The molecule has 0 aliphatic heterocycles. The fraction of sp³-hybridized carbons (Fsp3) is 0.0323. The fourth-order valence-corrected chi connectivity index (χ4v) is 3.94. The summed E-state index contributed by atoms with van der Waals surface area (Å²) >= 11 is 6.38. The maximum atomic E-state index is 6.38. The van der Waals surface area contributed by atoms with Crippen LogP contribution in [-0.4, -0.2) is 0 Å². The SMILES string of the molecule is C=C(/C=C\C(=C/C)N(c1cccc(Cl)c1)c1cccc(-c2ccccc2)c1)c1ccccc1. The van der Waals surface area contributed by atoms with E-state index in [2.05, 4.69) is 96.4 Å². The number of rotatable bonds is 7. The van der Waals surface area contributed by atoms with E-state index in [0.717, 1.165) is 33.8 Å². The van der Waals surface area contributed by atoms with Crippen LogP contribution in [0.3, 0.4) is 0 Å². The monoisotopic (exact) mass is 447 g/mol.